The zero-order chi connectivity index (χ0) is 28.2. The molecule has 0 spiro atoms. The summed E-state index contributed by atoms with van der Waals surface area (Å²) in [5, 5.41) is 3.32. The van der Waals surface area contributed by atoms with Gasteiger partial charge in [0, 0.05) is 18.7 Å². The van der Waals surface area contributed by atoms with Gasteiger partial charge in [0.1, 0.15) is 23.6 Å². The molecule has 3 N–H and O–H groups in total. The van der Waals surface area contributed by atoms with E-state index in [0.29, 0.717) is 31.3 Å². The zero-order valence-corrected chi connectivity index (χ0v) is 22.1. The molecule has 1 fully saturated rings. The van der Waals surface area contributed by atoms with E-state index in [1.54, 1.807) is 12.1 Å². The molecule has 0 saturated heterocycles. The van der Waals surface area contributed by atoms with Crippen molar-refractivity contribution in [3.8, 4) is 5.69 Å². The van der Waals surface area contributed by atoms with Gasteiger partial charge in [0.25, 0.3) is 5.56 Å². The van der Waals surface area contributed by atoms with Crippen LogP contribution in [0.3, 0.4) is 0 Å². The van der Waals surface area contributed by atoms with Crippen molar-refractivity contribution in [1.82, 2.24) is 9.88 Å². The van der Waals surface area contributed by atoms with Gasteiger partial charge in [-0.2, -0.15) is 0 Å². The van der Waals surface area contributed by atoms with E-state index in [-0.39, 0.29) is 29.0 Å². The predicted octanol–water partition coefficient (Wildman–Crippen LogP) is 4.57. The molecule has 0 atom stereocenters. The van der Waals surface area contributed by atoms with Crippen LogP contribution in [0.2, 0.25) is 0 Å². The zero-order valence-electron chi connectivity index (χ0n) is 22.1. The Bertz CT molecular complexity index is 1410. The van der Waals surface area contributed by atoms with Gasteiger partial charge in [-0.15, -0.1) is 0 Å². The van der Waals surface area contributed by atoms with Crippen LogP contribution in [-0.4, -0.2) is 35.5 Å². The van der Waals surface area contributed by atoms with Gasteiger partial charge in [-0.25, -0.2) is 8.78 Å². The Morgan fingerprint density at radius 2 is 1.69 bits per heavy atom. The highest BCUT2D eigenvalue weighted by atomic mass is 19.1. The van der Waals surface area contributed by atoms with Crippen molar-refractivity contribution in [2.75, 3.05) is 18.8 Å². The van der Waals surface area contributed by atoms with Gasteiger partial charge in [0.2, 0.25) is 0 Å². The van der Waals surface area contributed by atoms with Crippen LogP contribution in [0.25, 0.3) is 5.69 Å². The second kappa shape index (κ2) is 11.9. The highest BCUT2D eigenvalue weighted by Crippen LogP contribution is 2.25. The summed E-state index contributed by atoms with van der Waals surface area (Å²) in [6.45, 7) is 4.86. The number of aromatic nitrogens is 1. The molecule has 39 heavy (non-hydrogen) atoms. The van der Waals surface area contributed by atoms with E-state index in [0.717, 1.165) is 43.4 Å². The summed E-state index contributed by atoms with van der Waals surface area (Å²) in [4.78, 5) is 38.1. The summed E-state index contributed by atoms with van der Waals surface area (Å²) in [5.74, 6) is -2.89. The maximum Gasteiger partial charge on any atom is 0.313 e. The highest BCUT2D eigenvalue weighted by molar-refractivity contribution is 6.11. The Balaban J connectivity index is 1.39. The van der Waals surface area contributed by atoms with Crippen LogP contribution >= 0.6 is 0 Å². The standard InChI is InChI=1S/C30H33F2N3O4/c1-30(2,29(38)39-22-5-3-4-6-22)18-34-16-15-19-7-10-21(11-8-19)35-26(36)14-13-24(28(35)33)27(37)23-12-9-20(31)17-25(23)32/h7-14,17,22,34H,3-6,15-16,18,33H2,1-2H3. The van der Waals surface area contributed by atoms with Crippen LogP contribution in [0.1, 0.15) is 61.0 Å². The number of nitrogens with one attached hydrogen (secondary N) is 1. The third-order valence-corrected chi connectivity index (χ3v) is 7.03. The Kier molecular flexibility index (Phi) is 8.60. The summed E-state index contributed by atoms with van der Waals surface area (Å²) in [5.41, 5.74) is 6.12. The minimum atomic E-state index is -1.01. The van der Waals surface area contributed by atoms with Crippen LogP contribution in [0.15, 0.2) is 59.4 Å². The number of rotatable bonds is 10. The van der Waals surface area contributed by atoms with Crippen molar-refractivity contribution < 1.29 is 23.1 Å². The van der Waals surface area contributed by atoms with Crippen molar-refractivity contribution in [3.05, 3.63) is 93.3 Å². The fourth-order valence-electron chi connectivity index (χ4n) is 4.67. The molecule has 206 valence electrons. The molecule has 3 aromatic rings. The normalized spacial score (nSPS) is 13.9. The number of carbonyl (C=O) groups is 2. The highest BCUT2D eigenvalue weighted by Gasteiger charge is 2.32. The molecule has 1 saturated carbocycles. The number of anilines is 1. The molecule has 9 heteroatoms. The number of ketones is 1. The van der Waals surface area contributed by atoms with Gasteiger partial charge in [0.15, 0.2) is 5.78 Å². The Labute approximate surface area is 226 Å². The molecule has 0 unspecified atom stereocenters. The molecule has 0 bridgehead atoms. The number of hydrogen-bond donors (Lipinski definition) is 2. The number of hydrogen-bond acceptors (Lipinski definition) is 6. The largest absolute Gasteiger partial charge is 0.462 e. The van der Waals surface area contributed by atoms with Crippen LogP contribution in [-0.2, 0) is 16.0 Å². The van der Waals surface area contributed by atoms with E-state index < -0.39 is 28.4 Å². The predicted molar refractivity (Wildman–Crippen MR) is 145 cm³/mol. The van der Waals surface area contributed by atoms with E-state index in [4.69, 9.17) is 10.5 Å². The summed E-state index contributed by atoms with van der Waals surface area (Å²) >= 11 is 0. The first-order chi connectivity index (χ1) is 18.6. The number of pyridine rings is 1. The lowest BCUT2D eigenvalue weighted by Crippen LogP contribution is -2.39. The van der Waals surface area contributed by atoms with Crippen LogP contribution in [0.5, 0.6) is 0 Å². The number of halogens is 2. The smallest absolute Gasteiger partial charge is 0.313 e. The Morgan fingerprint density at radius 3 is 2.36 bits per heavy atom. The molecular formula is C30H33F2N3O4. The molecule has 2 aromatic carbocycles. The van der Waals surface area contributed by atoms with E-state index in [2.05, 4.69) is 5.32 Å². The molecule has 1 aromatic heterocycles. The van der Waals surface area contributed by atoms with Crippen molar-refractivity contribution in [1.29, 1.82) is 0 Å². The maximum absolute atomic E-state index is 14.2. The third kappa shape index (κ3) is 6.60. The van der Waals surface area contributed by atoms with Crippen LogP contribution in [0, 0.1) is 17.0 Å². The van der Waals surface area contributed by atoms with Gasteiger partial charge in [-0.1, -0.05) is 12.1 Å². The molecule has 1 aliphatic carbocycles. The van der Waals surface area contributed by atoms with Crippen LogP contribution in [0.4, 0.5) is 14.6 Å². The molecule has 0 amide bonds. The van der Waals surface area contributed by atoms with E-state index in [9.17, 15) is 23.2 Å². The Hall–Kier alpha value is -3.85. The van der Waals surface area contributed by atoms with Gasteiger partial charge in [0.05, 0.1) is 22.2 Å². The third-order valence-electron chi connectivity index (χ3n) is 7.03. The second-order valence-electron chi connectivity index (χ2n) is 10.5. The SMILES string of the molecule is CC(C)(CNCCc1ccc(-n2c(N)c(C(=O)c3ccc(F)cc3F)ccc2=O)cc1)C(=O)OC1CCCC1. The first-order valence-electron chi connectivity index (χ1n) is 13.1. The minimum absolute atomic E-state index is 0.0414. The maximum atomic E-state index is 14.2. The summed E-state index contributed by atoms with van der Waals surface area (Å²) in [6, 6.07) is 12.2. The van der Waals surface area contributed by atoms with Crippen molar-refractivity contribution in [3.63, 3.8) is 0 Å². The number of carbonyl (C=O) groups excluding carboxylic acids is 2. The second-order valence-corrected chi connectivity index (χ2v) is 10.5. The topological polar surface area (TPSA) is 103 Å². The summed E-state index contributed by atoms with van der Waals surface area (Å²) in [7, 11) is 0. The Morgan fingerprint density at radius 1 is 1.03 bits per heavy atom. The fourth-order valence-corrected chi connectivity index (χ4v) is 4.67. The minimum Gasteiger partial charge on any atom is -0.462 e. The van der Waals surface area contributed by atoms with Gasteiger partial charge in [-0.3, -0.25) is 19.0 Å². The summed E-state index contributed by atoms with van der Waals surface area (Å²) < 4.78 is 34.3. The van der Waals surface area contributed by atoms with Crippen molar-refractivity contribution in [2.45, 2.75) is 52.1 Å². The lowest BCUT2D eigenvalue weighted by Gasteiger charge is -2.25. The molecule has 0 aliphatic heterocycles. The summed E-state index contributed by atoms with van der Waals surface area (Å²) in [6.07, 6.45) is 4.82. The fraction of sp³-hybridized carbons (Fsp3) is 0.367. The van der Waals surface area contributed by atoms with Crippen molar-refractivity contribution in [2.24, 2.45) is 5.41 Å². The average molecular weight is 538 g/mol. The lowest BCUT2D eigenvalue weighted by atomic mass is 9.93. The van der Waals surface area contributed by atoms with E-state index in [1.807, 2.05) is 26.0 Å². The monoisotopic (exact) mass is 537 g/mol. The molecule has 1 aliphatic rings. The number of ether oxygens (including phenoxy) is 1. The van der Waals surface area contributed by atoms with Gasteiger partial charge < -0.3 is 15.8 Å². The van der Waals surface area contributed by atoms with Crippen molar-refractivity contribution >= 4 is 17.6 Å². The van der Waals surface area contributed by atoms with E-state index in [1.165, 1.54) is 16.7 Å². The molecule has 4 rings (SSSR count). The quantitative estimate of drug-likeness (QED) is 0.223. The first-order valence-corrected chi connectivity index (χ1v) is 13.1. The van der Waals surface area contributed by atoms with Crippen LogP contribution < -0.4 is 16.6 Å². The molecule has 7 nitrogen and oxygen atoms in total. The van der Waals surface area contributed by atoms with E-state index >= 15 is 0 Å². The van der Waals surface area contributed by atoms with Gasteiger partial charge in [-0.05, 0) is 88.4 Å². The number of esters is 1. The molecular weight excluding hydrogens is 504 g/mol. The number of nitrogens with zero attached hydrogens (tertiary/aromatic N) is 1. The number of nitrogens with two attached hydrogens (primary N) is 1. The number of nitrogen functional groups attached to an aromatic ring is 1. The molecule has 1 heterocycles. The number of benzene rings is 2. The molecule has 0 radical (unpaired) electrons. The first kappa shape index (κ1) is 28.2. The lowest BCUT2D eigenvalue weighted by molar-refractivity contribution is -0.159. The average Bonchev–Trinajstić information content (AvgIpc) is 3.40. The van der Waals surface area contributed by atoms with Gasteiger partial charge >= 0.3 is 5.97 Å².